The quantitative estimate of drug-likeness (QED) is 0.425. The lowest BCUT2D eigenvalue weighted by Crippen LogP contribution is -2.40. The Labute approximate surface area is 144 Å². The van der Waals surface area contributed by atoms with E-state index in [0.29, 0.717) is 12.8 Å². The Hall–Kier alpha value is -2.71. The summed E-state index contributed by atoms with van der Waals surface area (Å²) in [7, 11) is 1.09. The number of carbonyl (C=O) groups is 5. The summed E-state index contributed by atoms with van der Waals surface area (Å²) in [6.45, 7) is 1.21. The second-order valence-electron chi connectivity index (χ2n) is 5.85. The van der Waals surface area contributed by atoms with Crippen LogP contribution in [0.4, 0.5) is 4.79 Å². The van der Waals surface area contributed by atoms with Crippen LogP contribution in [0.15, 0.2) is 12.2 Å². The molecule has 25 heavy (non-hydrogen) atoms. The highest BCUT2D eigenvalue weighted by Gasteiger charge is 2.47. The zero-order valence-corrected chi connectivity index (χ0v) is 14.0. The first-order valence-corrected chi connectivity index (χ1v) is 7.93. The Morgan fingerprint density at radius 1 is 1.20 bits per heavy atom. The van der Waals surface area contributed by atoms with E-state index < -0.39 is 24.1 Å². The Morgan fingerprint density at radius 2 is 1.76 bits per heavy atom. The third kappa shape index (κ3) is 4.23. The van der Waals surface area contributed by atoms with E-state index in [1.807, 2.05) is 17.5 Å². The third-order valence-electron chi connectivity index (χ3n) is 4.23. The molecule has 2 rings (SSSR count). The van der Waals surface area contributed by atoms with Gasteiger partial charge in [0.1, 0.15) is 0 Å². The number of carbonyl (C=O) groups excluding carboxylic acids is 5. The van der Waals surface area contributed by atoms with E-state index in [-0.39, 0.29) is 36.6 Å². The van der Waals surface area contributed by atoms with Gasteiger partial charge in [-0.25, -0.2) is 4.79 Å². The van der Waals surface area contributed by atoms with Crippen molar-refractivity contribution >= 4 is 29.8 Å². The normalized spacial score (nSPS) is 23.0. The van der Waals surface area contributed by atoms with Crippen molar-refractivity contribution in [2.24, 2.45) is 11.8 Å². The molecule has 0 aromatic rings. The van der Waals surface area contributed by atoms with Gasteiger partial charge >= 0.3 is 12.1 Å². The number of nitrogens with zero attached hydrogens (tertiary/aromatic N) is 1. The summed E-state index contributed by atoms with van der Waals surface area (Å²) < 4.78 is 9.15. The minimum atomic E-state index is -1.21. The largest absolute Gasteiger partial charge is 0.453 e. The van der Waals surface area contributed by atoms with Crippen molar-refractivity contribution in [3.63, 3.8) is 0 Å². The van der Waals surface area contributed by atoms with Crippen LogP contribution in [-0.2, 0) is 28.7 Å². The van der Waals surface area contributed by atoms with E-state index in [9.17, 15) is 24.0 Å². The fourth-order valence-electron chi connectivity index (χ4n) is 2.86. The Morgan fingerprint density at radius 3 is 2.28 bits per heavy atom. The van der Waals surface area contributed by atoms with Crippen LogP contribution in [0.2, 0.25) is 0 Å². The van der Waals surface area contributed by atoms with Gasteiger partial charge in [0.15, 0.2) is 6.10 Å². The molecule has 0 aromatic heterocycles. The molecule has 2 aliphatic rings. The van der Waals surface area contributed by atoms with Crippen LogP contribution < -0.4 is 5.32 Å². The number of likely N-dealkylation sites (tertiary alicyclic amines) is 1. The number of hydrogen-bond donors (Lipinski definition) is 1. The highest BCUT2D eigenvalue weighted by atomic mass is 16.6. The van der Waals surface area contributed by atoms with E-state index >= 15 is 0 Å². The van der Waals surface area contributed by atoms with E-state index in [1.54, 1.807) is 0 Å². The number of methoxy groups -OCH3 is 1. The average molecular weight is 352 g/mol. The summed E-state index contributed by atoms with van der Waals surface area (Å²) in [5.41, 5.74) is 0. The van der Waals surface area contributed by atoms with Crippen LogP contribution in [0, 0.1) is 11.8 Å². The number of allylic oxidation sites excluding steroid dienone is 2. The Bertz CT molecular complexity index is 602. The SMILES string of the molecule is COC(=O)NC(=O)[C@@H](C)OC(=O)CCN1C(=O)[C@H]2CC=CC[C@@H]2C1=O. The molecule has 136 valence electrons. The smallest absolute Gasteiger partial charge is 0.413 e. The van der Waals surface area contributed by atoms with Crippen molar-refractivity contribution in [3.8, 4) is 0 Å². The molecular formula is C16H20N2O7. The summed E-state index contributed by atoms with van der Waals surface area (Å²) in [4.78, 5) is 59.9. The lowest BCUT2D eigenvalue weighted by Gasteiger charge is -2.16. The van der Waals surface area contributed by atoms with Crippen molar-refractivity contribution in [2.45, 2.75) is 32.3 Å². The van der Waals surface area contributed by atoms with Gasteiger partial charge in [0.25, 0.3) is 5.91 Å². The Balaban J connectivity index is 1.82. The summed E-state index contributed by atoms with van der Waals surface area (Å²) in [6.07, 6.45) is 2.43. The molecule has 0 radical (unpaired) electrons. The van der Waals surface area contributed by atoms with Crippen molar-refractivity contribution in [1.82, 2.24) is 10.2 Å². The van der Waals surface area contributed by atoms with Gasteiger partial charge in [-0.2, -0.15) is 0 Å². The fourth-order valence-corrected chi connectivity index (χ4v) is 2.86. The number of hydrogen-bond acceptors (Lipinski definition) is 7. The second kappa shape index (κ2) is 7.91. The number of alkyl carbamates (subject to hydrolysis) is 1. The molecule has 3 atom stereocenters. The van der Waals surface area contributed by atoms with Crippen LogP contribution >= 0.6 is 0 Å². The van der Waals surface area contributed by atoms with E-state index in [4.69, 9.17) is 4.74 Å². The topological polar surface area (TPSA) is 119 Å². The van der Waals surface area contributed by atoms with Crippen LogP contribution in [0.3, 0.4) is 0 Å². The maximum atomic E-state index is 12.3. The van der Waals surface area contributed by atoms with Crippen molar-refractivity contribution in [2.75, 3.05) is 13.7 Å². The molecule has 1 aliphatic carbocycles. The predicted molar refractivity (Wildman–Crippen MR) is 82.8 cm³/mol. The number of amides is 4. The molecule has 1 saturated heterocycles. The lowest BCUT2D eigenvalue weighted by atomic mass is 9.85. The molecule has 1 fully saturated rings. The second-order valence-corrected chi connectivity index (χ2v) is 5.85. The molecule has 0 saturated carbocycles. The first-order valence-electron chi connectivity index (χ1n) is 7.93. The van der Waals surface area contributed by atoms with Crippen LogP contribution in [-0.4, -0.2) is 54.4 Å². The summed E-state index contributed by atoms with van der Waals surface area (Å²) in [6, 6.07) is 0. The molecule has 1 N–H and O–H groups in total. The first kappa shape index (κ1) is 18.6. The van der Waals surface area contributed by atoms with Gasteiger partial charge in [0.2, 0.25) is 11.8 Å². The maximum absolute atomic E-state index is 12.3. The van der Waals surface area contributed by atoms with Gasteiger partial charge in [-0.15, -0.1) is 0 Å². The molecule has 1 aliphatic heterocycles. The minimum Gasteiger partial charge on any atom is -0.453 e. The average Bonchev–Trinajstić information content (AvgIpc) is 2.84. The fraction of sp³-hybridized carbons (Fsp3) is 0.562. The number of ether oxygens (including phenoxy) is 2. The maximum Gasteiger partial charge on any atom is 0.413 e. The van der Waals surface area contributed by atoms with E-state index in [2.05, 4.69) is 4.74 Å². The molecule has 9 nitrogen and oxygen atoms in total. The molecule has 0 unspecified atom stereocenters. The molecule has 4 amide bonds. The standard InChI is InChI=1S/C16H20N2O7/c1-9(13(20)17-16(23)24-2)25-12(19)7-8-18-14(21)10-5-3-4-6-11(10)15(18)22/h3-4,9-11H,5-8H2,1-2H3,(H,17,20,23)/t9-,10+,11+/m1/s1. The molecular weight excluding hydrogens is 332 g/mol. The van der Waals surface area contributed by atoms with Gasteiger partial charge in [-0.1, -0.05) is 12.2 Å². The van der Waals surface area contributed by atoms with Crippen molar-refractivity contribution in [1.29, 1.82) is 0 Å². The lowest BCUT2D eigenvalue weighted by molar-refractivity contribution is -0.155. The van der Waals surface area contributed by atoms with Gasteiger partial charge in [-0.05, 0) is 19.8 Å². The number of nitrogens with one attached hydrogen (secondary N) is 1. The Kier molecular flexibility index (Phi) is 5.89. The van der Waals surface area contributed by atoms with Crippen LogP contribution in [0.25, 0.3) is 0 Å². The minimum absolute atomic E-state index is 0.0885. The summed E-state index contributed by atoms with van der Waals surface area (Å²) in [5.74, 6) is -2.82. The first-order chi connectivity index (χ1) is 11.8. The molecule has 0 aromatic carbocycles. The number of rotatable bonds is 5. The molecule has 1 heterocycles. The zero-order chi connectivity index (χ0) is 18.6. The van der Waals surface area contributed by atoms with Gasteiger partial charge in [0, 0.05) is 6.54 Å². The summed E-state index contributed by atoms with van der Waals surface area (Å²) in [5, 5.41) is 1.88. The van der Waals surface area contributed by atoms with Crippen molar-refractivity contribution < 1.29 is 33.4 Å². The number of imide groups is 2. The molecule has 0 bridgehead atoms. The molecule has 0 spiro atoms. The van der Waals surface area contributed by atoms with Crippen LogP contribution in [0.5, 0.6) is 0 Å². The highest BCUT2D eigenvalue weighted by molar-refractivity contribution is 6.05. The monoisotopic (exact) mass is 352 g/mol. The highest BCUT2D eigenvalue weighted by Crippen LogP contribution is 2.34. The predicted octanol–water partition coefficient (Wildman–Crippen LogP) is 0.142. The number of fused-ring (bicyclic) bond motifs is 1. The van der Waals surface area contributed by atoms with E-state index in [1.165, 1.54) is 6.92 Å². The van der Waals surface area contributed by atoms with E-state index in [0.717, 1.165) is 12.0 Å². The van der Waals surface area contributed by atoms with Gasteiger partial charge in [-0.3, -0.25) is 29.4 Å². The zero-order valence-electron chi connectivity index (χ0n) is 14.0. The van der Waals surface area contributed by atoms with Crippen molar-refractivity contribution in [3.05, 3.63) is 12.2 Å². The summed E-state index contributed by atoms with van der Waals surface area (Å²) >= 11 is 0. The van der Waals surface area contributed by atoms with Gasteiger partial charge < -0.3 is 9.47 Å². The van der Waals surface area contributed by atoms with Gasteiger partial charge in [0.05, 0.1) is 25.4 Å². The van der Waals surface area contributed by atoms with Crippen LogP contribution in [0.1, 0.15) is 26.2 Å². The third-order valence-corrected chi connectivity index (χ3v) is 4.23. The number of esters is 1. The molecule has 9 heteroatoms.